The van der Waals surface area contributed by atoms with Crippen LogP contribution in [-0.2, 0) is 6.54 Å². The van der Waals surface area contributed by atoms with Crippen molar-refractivity contribution in [1.82, 2.24) is 4.90 Å². The lowest BCUT2D eigenvalue weighted by molar-refractivity contribution is 0.0755. The van der Waals surface area contributed by atoms with E-state index in [1.54, 1.807) is 25.2 Å². The molecule has 3 aromatic rings. The standard InChI is InChI=1S/C17H14FNO2/c1-19(11-12-5-4-7-14(18)9-12)17(20)16-10-13-6-2-3-8-15(13)21-16/h2-10H,11H2,1H3. The van der Waals surface area contributed by atoms with Gasteiger partial charge in [-0.3, -0.25) is 4.79 Å². The van der Waals surface area contributed by atoms with E-state index in [4.69, 9.17) is 4.42 Å². The molecule has 0 saturated heterocycles. The second kappa shape index (κ2) is 5.40. The van der Waals surface area contributed by atoms with Crippen LogP contribution in [0.5, 0.6) is 0 Å². The molecule has 0 atom stereocenters. The highest BCUT2D eigenvalue weighted by Crippen LogP contribution is 2.20. The van der Waals surface area contributed by atoms with Crippen LogP contribution in [0, 0.1) is 5.82 Å². The van der Waals surface area contributed by atoms with Crippen LogP contribution in [0.3, 0.4) is 0 Å². The number of carbonyl (C=O) groups excluding carboxylic acids is 1. The molecule has 21 heavy (non-hydrogen) atoms. The third-order valence-corrected chi connectivity index (χ3v) is 3.29. The smallest absolute Gasteiger partial charge is 0.289 e. The summed E-state index contributed by atoms with van der Waals surface area (Å²) >= 11 is 0. The molecule has 0 bridgehead atoms. The molecular weight excluding hydrogens is 269 g/mol. The summed E-state index contributed by atoms with van der Waals surface area (Å²) in [6.45, 7) is 0.327. The topological polar surface area (TPSA) is 33.5 Å². The van der Waals surface area contributed by atoms with E-state index < -0.39 is 0 Å². The van der Waals surface area contributed by atoms with Gasteiger partial charge < -0.3 is 9.32 Å². The van der Waals surface area contributed by atoms with Crippen LogP contribution < -0.4 is 0 Å². The second-order valence-electron chi connectivity index (χ2n) is 4.94. The normalized spacial score (nSPS) is 10.8. The van der Waals surface area contributed by atoms with E-state index >= 15 is 0 Å². The quantitative estimate of drug-likeness (QED) is 0.731. The minimum absolute atomic E-state index is 0.226. The lowest BCUT2D eigenvalue weighted by Crippen LogP contribution is -2.25. The first-order valence-corrected chi connectivity index (χ1v) is 6.62. The molecule has 1 aromatic heterocycles. The Labute approximate surface area is 121 Å². The third kappa shape index (κ3) is 2.79. The first-order chi connectivity index (χ1) is 10.1. The Hall–Kier alpha value is -2.62. The van der Waals surface area contributed by atoms with Gasteiger partial charge in [0.25, 0.3) is 5.91 Å². The Morgan fingerprint density at radius 2 is 1.95 bits per heavy atom. The molecule has 0 spiro atoms. The molecule has 1 heterocycles. The molecule has 0 N–H and O–H groups in total. The van der Waals surface area contributed by atoms with Crippen LogP contribution in [-0.4, -0.2) is 17.9 Å². The first kappa shape index (κ1) is 13.4. The van der Waals surface area contributed by atoms with Crippen LogP contribution in [0.4, 0.5) is 4.39 Å². The van der Waals surface area contributed by atoms with Gasteiger partial charge in [-0.25, -0.2) is 4.39 Å². The van der Waals surface area contributed by atoms with Crippen molar-refractivity contribution in [3.63, 3.8) is 0 Å². The van der Waals surface area contributed by atoms with Crippen LogP contribution >= 0.6 is 0 Å². The van der Waals surface area contributed by atoms with Crippen molar-refractivity contribution in [3.8, 4) is 0 Å². The Balaban J connectivity index is 1.80. The zero-order valence-electron chi connectivity index (χ0n) is 11.5. The van der Waals surface area contributed by atoms with Crippen molar-refractivity contribution in [2.45, 2.75) is 6.54 Å². The fourth-order valence-corrected chi connectivity index (χ4v) is 2.26. The molecule has 0 aliphatic heterocycles. The Morgan fingerprint density at radius 3 is 2.71 bits per heavy atom. The van der Waals surface area contributed by atoms with Gasteiger partial charge in [0.05, 0.1) is 0 Å². The van der Waals surface area contributed by atoms with Gasteiger partial charge in [-0.05, 0) is 29.8 Å². The molecule has 106 valence electrons. The van der Waals surface area contributed by atoms with Crippen molar-refractivity contribution in [2.24, 2.45) is 0 Å². The van der Waals surface area contributed by atoms with E-state index in [9.17, 15) is 9.18 Å². The number of benzene rings is 2. The zero-order chi connectivity index (χ0) is 14.8. The summed E-state index contributed by atoms with van der Waals surface area (Å²) in [5.41, 5.74) is 1.42. The van der Waals surface area contributed by atoms with Crippen molar-refractivity contribution >= 4 is 16.9 Å². The molecule has 0 saturated carbocycles. The minimum Gasteiger partial charge on any atom is -0.451 e. The van der Waals surface area contributed by atoms with Gasteiger partial charge in [-0.15, -0.1) is 0 Å². The average Bonchev–Trinajstić information content (AvgIpc) is 2.90. The van der Waals surface area contributed by atoms with Gasteiger partial charge in [-0.1, -0.05) is 30.3 Å². The third-order valence-electron chi connectivity index (χ3n) is 3.29. The Morgan fingerprint density at radius 1 is 1.14 bits per heavy atom. The maximum Gasteiger partial charge on any atom is 0.289 e. The number of fused-ring (bicyclic) bond motifs is 1. The van der Waals surface area contributed by atoms with E-state index in [0.29, 0.717) is 12.1 Å². The van der Waals surface area contributed by atoms with Crippen LogP contribution in [0.15, 0.2) is 59.0 Å². The largest absolute Gasteiger partial charge is 0.451 e. The summed E-state index contributed by atoms with van der Waals surface area (Å²) in [6, 6.07) is 15.4. The summed E-state index contributed by atoms with van der Waals surface area (Å²) in [5.74, 6) is -0.248. The maximum absolute atomic E-state index is 13.2. The van der Waals surface area contributed by atoms with Crippen LogP contribution in [0.25, 0.3) is 11.0 Å². The molecule has 0 unspecified atom stereocenters. The number of hydrogen-bond donors (Lipinski definition) is 0. The second-order valence-corrected chi connectivity index (χ2v) is 4.94. The SMILES string of the molecule is CN(Cc1cccc(F)c1)C(=O)c1cc2ccccc2o1. The number of halogens is 1. The summed E-state index contributed by atoms with van der Waals surface area (Å²) in [5, 5.41) is 0.889. The molecular formula is C17H14FNO2. The molecule has 0 aliphatic rings. The number of carbonyl (C=O) groups is 1. The van der Waals surface area contributed by atoms with E-state index in [1.165, 1.54) is 17.0 Å². The molecule has 3 rings (SSSR count). The number of rotatable bonds is 3. The number of nitrogens with zero attached hydrogens (tertiary/aromatic N) is 1. The number of para-hydroxylation sites is 1. The van der Waals surface area contributed by atoms with Crippen molar-refractivity contribution < 1.29 is 13.6 Å². The summed E-state index contributed by atoms with van der Waals surface area (Å²) in [7, 11) is 1.67. The fraction of sp³-hybridized carbons (Fsp3) is 0.118. The highest BCUT2D eigenvalue weighted by Gasteiger charge is 2.16. The number of amides is 1. The van der Waals surface area contributed by atoms with Gasteiger partial charge >= 0.3 is 0 Å². The fourth-order valence-electron chi connectivity index (χ4n) is 2.26. The average molecular weight is 283 g/mol. The minimum atomic E-state index is -0.308. The monoisotopic (exact) mass is 283 g/mol. The Kier molecular flexibility index (Phi) is 3.44. The molecule has 0 fully saturated rings. The first-order valence-electron chi connectivity index (χ1n) is 6.62. The molecule has 0 aliphatic carbocycles. The molecule has 1 amide bonds. The van der Waals surface area contributed by atoms with Crippen LogP contribution in [0.2, 0.25) is 0 Å². The van der Waals surface area contributed by atoms with Gasteiger partial charge in [0, 0.05) is 19.0 Å². The number of hydrogen-bond acceptors (Lipinski definition) is 2. The van der Waals surface area contributed by atoms with Gasteiger partial charge in [0.2, 0.25) is 0 Å². The lowest BCUT2D eigenvalue weighted by atomic mass is 10.2. The van der Waals surface area contributed by atoms with Gasteiger partial charge in [-0.2, -0.15) is 0 Å². The highest BCUT2D eigenvalue weighted by molar-refractivity contribution is 5.95. The zero-order valence-corrected chi connectivity index (χ0v) is 11.5. The summed E-state index contributed by atoms with van der Waals surface area (Å²) in [4.78, 5) is 13.8. The summed E-state index contributed by atoms with van der Waals surface area (Å²) < 4.78 is 18.7. The van der Waals surface area contributed by atoms with Crippen molar-refractivity contribution in [1.29, 1.82) is 0 Å². The Bertz CT molecular complexity index is 761. The van der Waals surface area contributed by atoms with Gasteiger partial charge in [0.15, 0.2) is 5.76 Å². The van der Waals surface area contributed by atoms with E-state index in [-0.39, 0.29) is 17.5 Å². The highest BCUT2D eigenvalue weighted by atomic mass is 19.1. The molecule has 2 aromatic carbocycles. The molecule has 4 heteroatoms. The number of furan rings is 1. The molecule has 0 radical (unpaired) electrons. The van der Waals surface area contributed by atoms with Crippen LogP contribution in [0.1, 0.15) is 16.1 Å². The van der Waals surface area contributed by atoms with Crippen molar-refractivity contribution in [3.05, 3.63) is 71.7 Å². The van der Waals surface area contributed by atoms with E-state index in [1.807, 2.05) is 24.3 Å². The summed E-state index contributed by atoms with van der Waals surface area (Å²) in [6.07, 6.45) is 0. The predicted molar refractivity (Wildman–Crippen MR) is 78.4 cm³/mol. The van der Waals surface area contributed by atoms with E-state index in [2.05, 4.69) is 0 Å². The maximum atomic E-state index is 13.2. The predicted octanol–water partition coefficient (Wildman–Crippen LogP) is 3.84. The van der Waals surface area contributed by atoms with E-state index in [0.717, 1.165) is 10.9 Å². The molecule has 3 nitrogen and oxygen atoms in total. The lowest BCUT2D eigenvalue weighted by Gasteiger charge is -2.15. The van der Waals surface area contributed by atoms with Gasteiger partial charge in [0.1, 0.15) is 11.4 Å². The van der Waals surface area contributed by atoms with Crippen molar-refractivity contribution in [2.75, 3.05) is 7.05 Å².